The van der Waals surface area contributed by atoms with Gasteiger partial charge in [0.1, 0.15) is 18.3 Å². The van der Waals surface area contributed by atoms with Crippen LogP contribution in [0.4, 0.5) is 0 Å². The van der Waals surface area contributed by atoms with E-state index in [1.165, 1.54) is 10.8 Å². The normalized spacial score (nSPS) is 27.0. The van der Waals surface area contributed by atoms with E-state index in [0.717, 1.165) is 18.9 Å². The molecule has 3 N–H and O–H groups in total. The quantitative estimate of drug-likeness (QED) is 0.487. The van der Waals surface area contributed by atoms with Gasteiger partial charge in [-0.3, -0.25) is 14.3 Å². The summed E-state index contributed by atoms with van der Waals surface area (Å²) in [6, 6.07) is 1.04. The molecule has 0 aliphatic carbocycles. The lowest BCUT2D eigenvalue weighted by molar-refractivity contribution is -0.0518. The highest BCUT2D eigenvalue weighted by Gasteiger charge is 2.44. The molecule has 7 nitrogen and oxygen atoms in total. The minimum absolute atomic E-state index is 0.145. The molecule has 0 amide bonds. The number of H-pyrrole nitrogens is 1. The summed E-state index contributed by atoms with van der Waals surface area (Å²) in [5, 5.41) is 20.7. The number of aromatic nitrogens is 2. The van der Waals surface area contributed by atoms with E-state index >= 15 is 0 Å². The molecule has 142 valence electrons. The van der Waals surface area contributed by atoms with E-state index in [4.69, 9.17) is 21.4 Å². The molecule has 4 atom stereocenters. The van der Waals surface area contributed by atoms with Gasteiger partial charge in [-0.05, 0) is 38.3 Å². The Labute approximate surface area is 153 Å². The summed E-state index contributed by atoms with van der Waals surface area (Å²) in [6.07, 6.45) is 0.0538. The van der Waals surface area contributed by atoms with Crippen molar-refractivity contribution in [3.63, 3.8) is 0 Å². The maximum Gasteiger partial charge on any atom is 0.254 e. The van der Waals surface area contributed by atoms with E-state index in [9.17, 15) is 15.0 Å². The van der Waals surface area contributed by atoms with Gasteiger partial charge in [0.15, 0.2) is 19.3 Å². The molecule has 2 rings (SSSR count). The molecule has 25 heavy (non-hydrogen) atoms. The number of nitrogens with zero attached hydrogens (tertiary/aromatic N) is 1. The van der Waals surface area contributed by atoms with Crippen LogP contribution in [0.5, 0.6) is 0 Å². The Morgan fingerprint density at radius 2 is 2.08 bits per heavy atom. The van der Waals surface area contributed by atoms with Crippen LogP contribution in [-0.4, -0.2) is 53.0 Å². The van der Waals surface area contributed by atoms with Crippen molar-refractivity contribution < 1.29 is 19.4 Å². The fraction of sp³-hybridized carbons (Fsp3) is 0.750. The number of hydrogen-bond donors (Lipinski definition) is 3. The van der Waals surface area contributed by atoms with Gasteiger partial charge in [0.05, 0.1) is 6.61 Å². The summed E-state index contributed by atoms with van der Waals surface area (Å²) in [6.45, 7) is 8.29. The second-order valence-electron chi connectivity index (χ2n) is 7.20. The van der Waals surface area contributed by atoms with E-state index < -0.39 is 32.9 Å². The predicted octanol–water partition coefficient (Wildman–Crippen LogP) is 1.86. The van der Waals surface area contributed by atoms with Gasteiger partial charge in [0.2, 0.25) is 0 Å². The zero-order valence-corrected chi connectivity index (χ0v) is 17.0. The zero-order valence-electron chi connectivity index (χ0n) is 15.2. The third-order valence-corrected chi connectivity index (χ3v) is 7.35. The van der Waals surface area contributed by atoms with Crippen molar-refractivity contribution >= 4 is 20.5 Å². The number of hydrogen-bond acceptors (Lipinski definition) is 6. The molecule has 0 spiro atoms. The first-order valence-corrected chi connectivity index (χ1v) is 12.2. The molecular weight excluding hydrogens is 360 g/mol. The maximum absolute atomic E-state index is 11.6. The van der Waals surface area contributed by atoms with Gasteiger partial charge in [0, 0.05) is 11.8 Å². The van der Waals surface area contributed by atoms with E-state index in [2.05, 4.69) is 25.0 Å². The molecule has 1 fully saturated rings. The average Bonchev–Trinajstić information content (AvgIpc) is 2.83. The summed E-state index contributed by atoms with van der Waals surface area (Å²) >= 11 is 5.15. The van der Waals surface area contributed by atoms with Gasteiger partial charge in [0.25, 0.3) is 5.56 Å². The molecule has 0 radical (unpaired) electrons. The monoisotopic (exact) mass is 388 g/mol. The van der Waals surface area contributed by atoms with Gasteiger partial charge in [-0.15, -0.1) is 0 Å². The van der Waals surface area contributed by atoms with Crippen molar-refractivity contribution in [2.45, 2.75) is 70.4 Å². The number of aromatic amines is 1. The van der Waals surface area contributed by atoms with Crippen LogP contribution in [0.1, 0.15) is 31.6 Å². The Morgan fingerprint density at radius 3 is 2.72 bits per heavy atom. The molecule has 1 aliphatic heterocycles. The van der Waals surface area contributed by atoms with Crippen molar-refractivity contribution in [1.29, 1.82) is 0 Å². The summed E-state index contributed by atoms with van der Waals surface area (Å²) < 4.78 is 13.5. The van der Waals surface area contributed by atoms with Crippen LogP contribution >= 0.6 is 12.2 Å². The number of ether oxygens (including phenoxy) is 1. The molecule has 0 saturated carbocycles. The Kier molecular flexibility index (Phi) is 6.74. The van der Waals surface area contributed by atoms with Crippen molar-refractivity contribution in [2.75, 3.05) is 6.61 Å². The van der Waals surface area contributed by atoms with Crippen LogP contribution in [0.2, 0.25) is 19.1 Å². The summed E-state index contributed by atoms with van der Waals surface area (Å²) in [5.74, 6) is 0. The van der Waals surface area contributed by atoms with Gasteiger partial charge in [-0.25, -0.2) is 0 Å². The lowest BCUT2D eigenvalue weighted by Crippen LogP contribution is -2.39. The average molecular weight is 389 g/mol. The minimum atomic E-state index is -1.82. The number of unbranched alkanes of at least 4 members (excludes halogenated alkanes) is 1. The third-order valence-electron chi connectivity index (χ3n) is 4.53. The molecule has 1 aromatic rings. The molecule has 1 aromatic heterocycles. The van der Waals surface area contributed by atoms with E-state index in [-0.39, 0.29) is 16.9 Å². The van der Waals surface area contributed by atoms with Crippen molar-refractivity contribution in [2.24, 2.45) is 0 Å². The molecular formula is C16H28N2O5SSi. The molecule has 0 unspecified atom stereocenters. The number of rotatable bonds is 7. The first-order valence-electron chi connectivity index (χ1n) is 8.64. The number of aryl methyl sites for hydroxylation is 1. The highest BCUT2D eigenvalue weighted by Crippen LogP contribution is 2.30. The molecule has 0 bridgehead atoms. The van der Waals surface area contributed by atoms with Crippen molar-refractivity contribution in [3.05, 3.63) is 26.9 Å². The van der Waals surface area contributed by atoms with Crippen LogP contribution in [0.25, 0.3) is 0 Å². The van der Waals surface area contributed by atoms with Crippen LogP contribution < -0.4 is 5.56 Å². The van der Waals surface area contributed by atoms with Crippen LogP contribution in [0.15, 0.2) is 11.0 Å². The highest BCUT2D eigenvalue weighted by molar-refractivity contribution is 7.71. The van der Waals surface area contributed by atoms with Crippen LogP contribution in [-0.2, 0) is 9.16 Å². The lowest BCUT2D eigenvalue weighted by Gasteiger charge is -2.25. The van der Waals surface area contributed by atoms with Crippen molar-refractivity contribution in [3.8, 4) is 0 Å². The largest absolute Gasteiger partial charge is 0.415 e. The second-order valence-corrected chi connectivity index (χ2v) is 11.9. The predicted molar refractivity (Wildman–Crippen MR) is 99.7 cm³/mol. The topological polar surface area (TPSA) is 96.7 Å². The number of aliphatic hydroxyl groups is 2. The number of aliphatic hydroxyl groups excluding tert-OH is 2. The van der Waals surface area contributed by atoms with Gasteiger partial charge in [-0.1, -0.05) is 19.8 Å². The zero-order chi connectivity index (χ0) is 18.8. The smallest absolute Gasteiger partial charge is 0.254 e. The highest BCUT2D eigenvalue weighted by atomic mass is 32.1. The SMILES string of the molecule is CCCC[Si](C)(C)OC[C@H]1O[C@@H](n2cc(C)c(=O)[nH]c2=S)[C@H](O)[C@@H]1O. The molecule has 0 aromatic carbocycles. The van der Waals surface area contributed by atoms with Gasteiger partial charge >= 0.3 is 0 Å². The van der Waals surface area contributed by atoms with Crippen LogP contribution in [0.3, 0.4) is 0 Å². The maximum atomic E-state index is 11.6. The third kappa shape index (κ3) is 4.87. The lowest BCUT2D eigenvalue weighted by atomic mass is 10.1. The van der Waals surface area contributed by atoms with Gasteiger partial charge < -0.3 is 19.4 Å². The molecule has 9 heteroatoms. The van der Waals surface area contributed by atoms with E-state index in [0.29, 0.717) is 5.56 Å². The number of nitrogens with one attached hydrogen (secondary N) is 1. The molecule has 1 aliphatic rings. The van der Waals surface area contributed by atoms with Crippen LogP contribution in [0, 0.1) is 11.7 Å². The van der Waals surface area contributed by atoms with Gasteiger partial charge in [-0.2, -0.15) is 0 Å². The molecule has 1 saturated heterocycles. The van der Waals surface area contributed by atoms with E-state index in [1.807, 2.05) is 0 Å². The molecule has 2 heterocycles. The van der Waals surface area contributed by atoms with Crippen molar-refractivity contribution in [1.82, 2.24) is 9.55 Å². The fourth-order valence-corrected chi connectivity index (χ4v) is 5.07. The minimum Gasteiger partial charge on any atom is -0.415 e. The Hall–Kier alpha value is -0.843. The first-order chi connectivity index (χ1) is 11.7. The Bertz CT molecular complexity index is 705. The standard InChI is InChI=1S/C16H28N2O5SSi/c1-5-6-7-25(3,4)22-9-11-12(19)13(20)15(23-11)18-8-10(2)14(21)17-16(18)24/h8,11-13,15,19-20H,5-7,9H2,1-4H3,(H,17,21,24)/t11-,12-,13-,15-/m1/s1. The second kappa shape index (κ2) is 8.23. The summed E-state index contributed by atoms with van der Waals surface area (Å²) in [5.41, 5.74) is 0.171. The fourth-order valence-electron chi connectivity index (χ4n) is 2.85. The first kappa shape index (κ1) is 20.5. The summed E-state index contributed by atoms with van der Waals surface area (Å²) in [4.78, 5) is 14.2. The Balaban J connectivity index is 2.10. The van der Waals surface area contributed by atoms with E-state index in [1.54, 1.807) is 6.92 Å². The summed E-state index contributed by atoms with van der Waals surface area (Å²) in [7, 11) is -1.82. The Morgan fingerprint density at radius 1 is 1.40 bits per heavy atom.